The molecule has 5 nitrogen and oxygen atoms in total. The molecule has 0 unspecified atom stereocenters. The standard InChI is InChI=1S/C30H34F2N4O/c31-25-11-7-23(8-12-25)27(24-9-13-26(32)14-10-24)6-4-16-34-19-21-35(22-20-34)29-28(5-3-15-33-29)30(37)36-17-1-2-18-36/h3,5,7-15,27H,1-2,4,6,16-22H2. The molecule has 2 aromatic carbocycles. The molecule has 5 rings (SSSR count). The van der Waals surface area contributed by atoms with E-state index in [9.17, 15) is 13.6 Å². The number of rotatable bonds is 8. The van der Waals surface area contributed by atoms with E-state index in [-0.39, 0.29) is 23.5 Å². The van der Waals surface area contributed by atoms with Gasteiger partial charge >= 0.3 is 0 Å². The van der Waals surface area contributed by atoms with E-state index in [0.717, 1.165) is 88.4 Å². The minimum atomic E-state index is -0.252. The fraction of sp³-hybridized carbons (Fsp3) is 0.400. The van der Waals surface area contributed by atoms with Crippen LogP contribution in [-0.2, 0) is 0 Å². The summed E-state index contributed by atoms with van der Waals surface area (Å²) >= 11 is 0. The molecule has 3 heterocycles. The molecule has 2 saturated heterocycles. The first-order valence-corrected chi connectivity index (χ1v) is 13.3. The third-order valence-electron chi connectivity index (χ3n) is 7.59. The number of hydrogen-bond donors (Lipinski definition) is 0. The highest BCUT2D eigenvalue weighted by Gasteiger charge is 2.26. The summed E-state index contributed by atoms with van der Waals surface area (Å²) in [7, 11) is 0. The van der Waals surface area contributed by atoms with Gasteiger partial charge in [-0.1, -0.05) is 24.3 Å². The summed E-state index contributed by atoms with van der Waals surface area (Å²) in [5, 5.41) is 0. The molecule has 194 valence electrons. The highest BCUT2D eigenvalue weighted by molar-refractivity contribution is 5.99. The van der Waals surface area contributed by atoms with Gasteiger partial charge in [0.25, 0.3) is 5.91 Å². The van der Waals surface area contributed by atoms with Gasteiger partial charge in [0.15, 0.2) is 0 Å². The van der Waals surface area contributed by atoms with E-state index in [1.165, 1.54) is 24.3 Å². The van der Waals surface area contributed by atoms with Gasteiger partial charge in [-0.25, -0.2) is 13.8 Å². The van der Waals surface area contributed by atoms with Crippen LogP contribution in [0.15, 0.2) is 66.9 Å². The van der Waals surface area contributed by atoms with Crippen LogP contribution in [0.5, 0.6) is 0 Å². The second-order valence-corrected chi connectivity index (χ2v) is 10.0. The third kappa shape index (κ3) is 6.16. The van der Waals surface area contributed by atoms with Gasteiger partial charge in [0.05, 0.1) is 5.56 Å². The number of benzene rings is 2. The largest absolute Gasteiger partial charge is 0.353 e. The van der Waals surface area contributed by atoms with Crippen LogP contribution in [0.2, 0.25) is 0 Å². The number of piperazine rings is 1. The lowest BCUT2D eigenvalue weighted by molar-refractivity contribution is 0.0793. The molecule has 7 heteroatoms. The predicted octanol–water partition coefficient (Wildman–Crippen LogP) is 5.33. The van der Waals surface area contributed by atoms with Gasteiger partial charge in [-0.05, 0) is 79.8 Å². The highest BCUT2D eigenvalue weighted by Crippen LogP contribution is 2.30. The minimum Gasteiger partial charge on any atom is -0.353 e. The van der Waals surface area contributed by atoms with Gasteiger partial charge in [-0.2, -0.15) is 0 Å². The number of nitrogens with zero attached hydrogens (tertiary/aromatic N) is 4. The third-order valence-corrected chi connectivity index (χ3v) is 7.59. The fourth-order valence-electron chi connectivity index (χ4n) is 5.52. The number of carbonyl (C=O) groups excluding carboxylic acids is 1. The van der Waals surface area contributed by atoms with Gasteiger partial charge in [0, 0.05) is 51.4 Å². The Kier molecular flexibility index (Phi) is 8.09. The normalized spacial score (nSPS) is 16.5. The van der Waals surface area contributed by atoms with Crippen LogP contribution in [-0.4, -0.2) is 66.5 Å². The number of halogens is 2. The Morgan fingerprint density at radius 2 is 1.41 bits per heavy atom. The molecular formula is C30H34F2N4O. The lowest BCUT2D eigenvalue weighted by Crippen LogP contribution is -2.47. The maximum Gasteiger partial charge on any atom is 0.257 e. The van der Waals surface area contributed by atoms with Crippen molar-refractivity contribution in [1.82, 2.24) is 14.8 Å². The zero-order valence-electron chi connectivity index (χ0n) is 21.2. The average Bonchev–Trinajstić information content (AvgIpc) is 3.48. The summed E-state index contributed by atoms with van der Waals surface area (Å²) < 4.78 is 27.0. The molecule has 1 aromatic heterocycles. The quantitative estimate of drug-likeness (QED) is 0.416. The van der Waals surface area contributed by atoms with Gasteiger partial charge in [-0.15, -0.1) is 0 Å². The number of aromatic nitrogens is 1. The molecule has 37 heavy (non-hydrogen) atoms. The van der Waals surface area contributed by atoms with Crippen LogP contribution >= 0.6 is 0 Å². The summed E-state index contributed by atoms with van der Waals surface area (Å²) in [4.78, 5) is 24.3. The Bertz CT molecular complexity index is 1130. The van der Waals surface area contributed by atoms with E-state index in [0.29, 0.717) is 5.56 Å². The van der Waals surface area contributed by atoms with Gasteiger partial charge in [0.2, 0.25) is 0 Å². The van der Waals surface area contributed by atoms with E-state index in [2.05, 4.69) is 14.8 Å². The number of amides is 1. The molecule has 2 fully saturated rings. The molecule has 0 saturated carbocycles. The fourth-order valence-corrected chi connectivity index (χ4v) is 5.52. The van der Waals surface area contributed by atoms with Crippen LogP contribution in [0, 0.1) is 11.6 Å². The second kappa shape index (κ2) is 11.8. The van der Waals surface area contributed by atoms with Gasteiger partial charge in [0.1, 0.15) is 17.5 Å². The van der Waals surface area contributed by atoms with Crippen molar-refractivity contribution >= 4 is 11.7 Å². The smallest absolute Gasteiger partial charge is 0.257 e. The summed E-state index contributed by atoms with van der Waals surface area (Å²) in [6.07, 6.45) is 5.79. The zero-order valence-corrected chi connectivity index (χ0v) is 21.2. The first-order chi connectivity index (χ1) is 18.1. The highest BCUT2D eigenvalue weighted by atomic mass is 19.1. The van der Waals surface area contributed by atoms with Crippen molar-refractivity contribution in [1.29, 1.82) is 0 Å². The molecule has 1 amide bonds. The van der Waals surface area contributed by atoms with Crippen LogP contribution in [0.4, 0.5) is 14.6 Å². The van der Waals surface area contributed by atoms with E-state index >= 15 is 0 Å². The van der Waals surface area contributed by atoms with Crippen molar-refractivity contribution in [3.05, 3.63) is 95.2 Å². The number of anilines is 1. The van der Waals surface area contributed by atoms with Crippen LogP contribution in [0.25, 0.3) is 0 Å². The van der Waals surface area contributed by atoms with Crippen LogP contribution in [0.3, 0.4) is 0 Å². The van der Waals surface area contributed by atoms with Crippen molar-refractivity contribution in [3.63, 3.8) is 0 Å². The molecule has 2 aliphatic rings. The molecule has 0 spiro atoms. The van der Waals surface area contributed by atoms with Crippen molar-refractivity contribution < 1.29 is 13.6 Å². The van der Waals surface area contributed by atoms with Gasteiger partial charge < -0.3 is 9.80 Å². The van der Waals surface area contributed by atoms with E-state index in [1.807, 2.05) is 41.3 Å². The molecule has 0 radical (unpaired) electrons. The molecule has 0 N–H and O–H groups in total. The summed E-state index contributed by atoms with van der Waals surface area (Å²) in [6, 6.07) is 17.0. The predicted molar refractivity (Wildman–Crippen MR) is 142 cm³/mol. The minimum absolute atomic E-state index is 0.0927. The molecule has 3 aromatic rings. The van der Waals surface area contributed by atoms with E-state index < -0.39 is 0 Å². The van der Waals surface area contributed by atoms with Crippen molar-refractivity contribution in [2.24, 2.45) is 0 Å². The SMILES string of the molecule is O=C(c1cccnc1N1CCN(CCCC(c2ccc(F)cc2)c2ccc(F)cc2)CC1)N1CCCC1. The Morgan fingerprint density at radius 1 is 0.811 bits per heavy atom. The lowest BCUT2D eigenvalue weighted by Gasteiger charge is -2.36. The summed E-state index contributed by atoms with van der Waals surface area (Å²) in [5.74, 6) is 0.480. The van der Waals surface area contributed by atoms with E-state index in [4.69, 9.17) is 0 Å². The molecule has 2 aliphatic heterocycles. The Morgan fingerprint density at radius 3 is 2.00 bits per heavy atom. The number of hydrogen-bond acceptors (Lipinski definition) is 4. The number of likely N-dealkylation sites (tertiary alicyclic amines) is 1. The monoisotopic (exact) mass is 504 g/mol. The van der Waals surface area contributed by atoms with Crippen molar-refractivity contribution in [2.45, 2.75) is 31.6 Å². The Labute approximate surface area is 217 Å². The Hall–Kier alpha value is -3.32. The van der Waals surface area contributed by atoms with Crippen molar-refractivity contribution in [2.75, 3.05) is 50.7 Å². The van der Waals surface area contributed by atoms with Crippen LogP contribution < -0.4 is 4.90 Å². The first-order valence-electron chi connectivity index (χ1n) is 13.3. The summed E-state index contributed by atoms with van der Waals surface area (Å²) in [6.45, 7) is 6.09. The Balaban J connectivity index is 1.18. The molecule has 0 bridgehead atoms. The lowest BCUT2D eigenvalue weighted by atomic mass is 9.87. The first kappa shape index (κ1) is 25.3. The molecule has 0 aliphatic carbocycles. The number of carbonyl (C=O) groups is 1. The second-order valence-electron chi connectivity index (χ2n) is 10.0. The van der Waals surface area contributed by atoms with Gasteiger partial charge in [-0.3, -0.25) is 9.69 Å². The number of pyridine rings is 1. The van der Waals surface area contributed by atoms with E-state index in [1.54, 1.807) is 6.20 Å². The van der Waals surface area contributed by atoms with Crippen LogP contribution in [0.1, 0.15) is 53.1 Å². The summed E-state index contributed by atoms with van der Waals surface area (Å²) in [5.41, 5.74) is 2.80. The average molecular weight is 505 g/mol. The maximum atomic E-state index is 13.5. The molecule has 0 atom stereocenters. The topological polar surface area (TPSA) is 39.7 Å². The zero-order chi connectivity index (χ0) is 25.6. The van der Waals surface area contributed by atoms with Crippen molar-refractivity contribution in [3.8, 4) is 0 Å². The maximum absolute atomic E-state index is 13.5. The molecular weight excluding hydrogens is 470 g/mol.